The maximum atomic E-state index is 13.3. The maximum Gasteiger partial charge on any atom is 0.221 e. The lowest BCUT2D eigenvalue weighted by molar-refractivity contribution is -0.117. The molecule has 7 heteroatoms. The van der Waals surface area contributed by atoms with E-state index in [0.29, 0.717) is 16.8 Å². The van der Waals surface area contributed by atoms with Gasteiger partial charge in [0, 0.05) is 24.3 Å². The van der Waals surface area contributed by atoms with Gasteiger partial charge in [0.05, 0.1) is 11.3 Å². The fourth-order valence-electron chi connectivity index (χ4n) is 2.98. The van der Waals surface area contributed by atoms with Crippen molar-refractivity contribution in [2.75, 3.05) is 6.26 Å². The lowest BCUT2D eigenvalue weighted by Gasteiger charge is -2.15. The summed E-state index contributed by atoms with van der Waals surface area (Å²) in [4.78, 5) is 11.3. The Morgan fingerprint density at radius 3 is 2.41 bits per heavy atom. The predicted octanol–water partition coefficient (Wildman–Crippen LogP) is 3.02. The van der Waals surface area contributed by atoms with E-state index >= 15 is 0 Å². The zero-order valence-electron chi connectivity index (χ0n) is 14.9. The third-order valence-corrected chi connectivity index (χ3v) is 5.44. The van der Waals surface area contributed by atoms with Crippen LogP contribution in [0.4, 0.5) is 4.39 Å². The van der Waals surface area contributed by atoms with Crippen molar-refractivity contribution in [1.82, 2.24) is 4.57 Å². The number of hydrogen-bond donors (Lipinski definition) is 1. The third kappa shape index (κ3) is 4.09. The number of carbonyl (C=O) groups excluding carboxylic acids is 1. The van der Waals surface area contributed by atoms with Gasteiger partial charge in [-0.1, -0.05) is 12.1 Å². The van der Waals surface area contributed by atoms with Crippen LogP contribution in [0.1, 0.15) is 11.1 Å². The van der Waals surface area contributed by atoms with E-state index < -0.39 is 15.7 Å². The van der Waals surface area contributed by atoms with Gasteiger partial charge < -0.3 is 10.3 Å². The van der Waals surface area contributed by atoms with Gasteiger partial charge in [0.25, 0.3) is 0 Å². The van der Waals surface area contributed by atoms with Gasteiger partial charge in [0.2, 0.25) is 5.91 Å². The minimum absolute atomic E-state index is 0.0998. The third-order valence-electron chi connectivity index (χ3n) is 4.35. The quantitative estimate of drug-likeness (QED) is 0.732. The molecule has 1 heterocycles. The number of nitrogens with two attached hydrogens (primary N) is 1. The first-order valence-electron chi connectivity index (χ1n) is 8.21. The molecule has 27 heavy (non-hydrogen) atoms. The average molecular weight is 386 g/mol. The fraction of sp³-hybridized carbons (Fsp3) is 0.150. The van der Waals surface area contributed by atoms with Crippen LogP contribution in [0.25, 0.3) is 16.8 Å². The van der Waals surface area contributed by atoms with E-state index in [2.05, 4.69) is 0 Å². The summed E-state index contributed by atoms with van der Waals surface area (Å²) in [6.07, 6.45) is 4.74. The van der Waals surface area contributed by atoms with Gasteiger partial charge in [-0.25, -0.2) is 12.8 Å². The molecule has 0 unspecified atom stereocenters. The van der Waals surface area contributed by atoms with E-state index in [9.17, 15) is 17.6 Å². The molecule has 1 aromatic heterocycles. The normalized spacial score (nSPS) is 11.5. The standard InChI is InChI=1S/C20H19FN2O3S/c1-13-18(15-3-5-16(21)6-4-15)10-17(27(2,25)26)11-19(13)23-8-7-14(12-23)9-20(22)24/h3-8,10-12H,9H2,1-2H3,(H2,22,24). The van der Waals surface area contributed by atoms with Gasteiger partial charge >= 0.3 is 0 Å². The second kappa shape index (κ2) is 7.00. The Kier molecular flexibility index (Phi) is 4.89. The van der Waals surface area contributed by atoms with E-state index in [-0.39, 0.29) is 17.1 Å². The van der Waals surface area contributed by atoms with Crippen LogP contribution in [0, 0.1) is 12.7 Å². The van der Waals surface area contributed by atoms with Crippen molar-refractivity contribution in [2.45, 2.75) is 18.2 Å². The number of halogens is 1. The van der Waals surface area contributed by atoms with Crippen molar-refractivity contribution in [3.8, 4) is 16.8 Å². The van der Waals surface area contributed by atoms with Crippen LogP contribution >= 0.6 is 0 Å². The zero-order valence-corrected chi connectivity index (χ0v) is 15.8. The van der Waals surface area contributed by atoms with Crippen molar-refractivity contribution < 1.29 is 17.6 Å². The number of primary amides is 1. The van der Waals surface area contributed by atoms with Crippen molar-refractivity contribution in [3.63, 3.8) is 0 Å². The predicted molar refractivity (Wildman–Crippen MR) is 102 cm³/mol. The van der Waals surface area contributed by atoms with Crippen molar-refractivity contribution in [3.05, 3.63) is 71.8 Å². The monoisotopic (exact) mass is 386 g/mol. The highest BCUT2D eigenvalue weighted by molar-refractivity contribution is 7.90. The van der Waals surface area contributed by atoms with E-state index in [0.717, 1.165) is 17.4 Å². The Hall–Kier alpha value is -2.93. The molecule has 2 N–H and O–H groups in total. The van der Waals surface area contributed by atoms with E-state index in [1.165, 1.54) is 12.1 Å². The van der Waals surface area contributed by atoms with Crippen molar-refractivity contribution in [2.24, 2.45) is 5.73 Å². The summed E-state index contributed by atoms with van der Waals surface area (Å²) >= 11 is 0. The Morgan fingerprint density at radius 2 is 1.81 bits per heavy atom. The fourth-order valence-corrected chi connectivity index (χ4v) is 3.64. The summed E-state index contributed by atoms with van der Waals surface area (Å²) < 4.78 is 39.4. The highest BCUT2D eigenvalue weighted by atomic mass is 32.2. The highest BCUT2D eigenvalue weighted by Gasteiger charge is 2.16. The number of benzene rings is 2. The van der Waals surface area contributed by atoms with Crippen molar-refractivity contribution >= 4 is 15.7 Å². The van der Waals surface area contributed by atoms with Crippen LogP contribution in [0.5, 0.6) is 0 Å². The van der Waals surface area contributed by atoms with E-state index in [1.54, 1.807) is 47.3 Å². The molecule has 0 fully saturated rings. The Labute approximate surface area is 157 Å². The first kappa shape index (κ1) is 18.8. The smallest absolute Gasteiger partial charge is 0.221 e. The first-order valence-corrected chi connectivity index (χ1v) is 10.1. The molecule has 1 amide bonds. The van der Waals surface area contributed by atoms with Gasteiger partial charge in [0.1, 0.15) is 5.82 Å². The van der Waals surface area contributed by atoms with Crippen LogP contribution in [0.3, 0.4) is 0 Å². The molecule has 0 aliphatic carbocycles. The van der Waals surface area contributed by atoms with Gasteiger partial charge in [0.15, 0.2) is 9.84 Å². The van der Waals surface area contributed by atoms with Gasteiger partial charge in [-0.2, -0.15) is 0 Å². The maximum absolute atomic E-state index is 13.3. The number of amides is 1. The van der Waals surface area contributed by atoms with Crippen molar-refractivity contribution in [1.29, 1.82) is 0 Å². The van der Waals surface area contributed by atoms with E-state index in [1.807, 2.05) is 6.92 Å². The molecule has 3 aromatic rings. The lowest BCUT2D eigenvalue weighted by Crippen LogP contribution is -2.13. The summed E-state index contributed by atoms with van der Waals surface area (Å²) in [6, 6.07) is 10.8. The lowest BCUT2D eigenvalue weighted by atomic mass is 9.99. The molecule has 0 aliphatic rings. The molecular weight excluding hydrogens is 367 g/mol. The van der Waals surface area contributed by atoms with Gasteiger partial charge in [-0.05, 0) is 59.5 Å². The number of nitrogens with zero attached hydrogens (tertiary/aromatic N) is 1. The number of aromatic nitrogens is 1. The molecule has 0 aliphatic heterocycles. The second-order valence-electron chi connectivity index (χ2n) is 6.46. The van der Waals surface area contributed by atoms with Crippen LogP contribution in [0.15, 0.2) is 59.8 Å². The molecule has 2 aromatic carbocycles. The summed E-state index contributed by atoms with van der Waals surface area (Å²) in [7, 11) is -3.46. The number of carbonyl (C=O) groups is 1. The topological polar surface area (TPSA) is 82.2 Å². The molecule has 0 bridgehead atoms. The minimum atomic E-state index is -3.46. The summed E-state index contributed by atoms with van der Waals surface area (Å²) in [5.41, 5.74) is 8.86. The molecule has 0 saturated heterocycles. The Morgan fingerprint density at radius 1 is 1.15 bits per heavy atom. The Balaban J connectivity index is 2.21. The summed E-state index contributed by atoms with van der Waals surface area (Å²) in [6.45, 7) is 1.87. The molecule has 0 spiro atoms. The molecule has 5 nitrogen and oxygen atoms in total. The van der Waals surface area contributed by atoms with Gasteiger partial charge in [-0.3, -0.25) is 4.79 Å². The molecular formula is C20H19FN2O3S. The number of sulfone groups is 1. The average Bonchev–Trinajstić information content (AvgIpc) is 3.02. The number of hydrogen-bond acceptors (Lipinski definition) is 3. The highest BCUT2D eigenvalue weighted by Crippen LogP contribution is 2.32. The minimum Gasteiger partial charge on any atom is -0.369 e. The molecule has 0 atom stereocenters. The summed E-state index contributed by atoms with van der Waals surface area (Å²) in [5.74, 6) is -0.807. The van der Waals surface area contributed by atoms with Crippen LogP contribution in [-0.4, -0.2) is 25.1 Å². The SMILES string of the molecule is Cc1c(-c2ccc(F)cc2)cc(S(C)(=O)=O)cc1-n1ccc(CC(N)=O)c1. The second-order valence-corrected chi connectivity index (χ2v) is 8.48. The first-order chi connectivity index (χ1) is 12.6. The zero-order chi connectivity index (χ0) is 19.8. The molecule has 0 radical (unpaired) electrons. The van der Waals surface area contributed by atoms with Crippen LogP contribution < -0.4 is 5.73 Å². The van der Waals surface area contributed by atoms with Crippen LogP contribution in [0.2, 0.25) is 0 Å². The van der Waals surface area contributed by atoms with Crippen LogP contribution in [-0.2, 0) is 21.1 Å². The summed E-state index contributed by atoms with van der Waals surface area (Å²) in [5, 5.41) is 0. The Bertz CT molecular complexity index is 1120. The van der Waals surface area contributed by atoms with E-state index in [4.69, 9.17) is 5.73 Å². The van der Waals surface area contributed by atoms with Gasteiger partial charge in [-0.15, -0.1) is 0 Å². The molecule has 140 valence electrons. The molecule has 0 saturated carbocycles. The largest absolute Gasteiger partial charge is 0.369 e. The molecule has 3 rings (SSSR count). The number of rotatable bonds is 5.